The van der Waals surface area contributed by atoms with Crippen LogP contribution in [-0.4, -0.2) is 4.57 Å². The summed E-state index contributed by atoms with van der Waals surface area (Å²) in [5.74, 6) is 0.738. The normalized spacial score (nSPS) is 11.0. The molecule has 0 aliphatic heterocycles. The highest BCUT2D eigenvalue weighted by molar-refractivity contribution is 7.79. The maximum atomic E-state index is 6.06. The number of fused-ring (bicyclic) bond motifs is 1. The lowest BCUT2D eigenvalue weighted by Gasteiger charge is -1.99. The Hall–Kier alpha value is -0.600. The van der Waals surface area contributed by atoms with E-state index in [9.17, 15) is 0 Å². The summed E-state index contributed by atoms with van der Waals surface area (Å²) >= 11 is 10.3. The fraction of sp³-hybridized carbons (Fsp3) is 0.200. The Kier molecular flexibility index (Phi) is 2.26. The van der Waals surface area contributed by atoms with Crippen molar-refractivity contribution in [1.82, 2.24) is 4.57 Å². The molecule has 0 saturated heterocycles. The zero-order valence-corrected chi connectivity index (χ0v) is 8.94. The largest absolute Gasteiger partial charge is 0.347 e. The van der Waals surface area contributed by atoms with Crippen molar-refractivity contribution in [3.05, 3.63) is 35.0 Å². The number of rotatable bonds is 1. The molecule has 0 bridgehead atoms. The molecular formula is C10H10ClNS. The van der Waals surface area contributed by atoms with Gasteiger partial charge in [-0.05, 0) is 18.2 Å². The molecule has 2 rings (SSSR count). The van der Waals surface area contributed by atoms with E-state index in [0.717, 1.165) is 21.7 Å². The Morgan fingerprint density at radius 3 is 2.85 bits per heavy atom. The summed E-state index contributed by atoms with van der Waals surface area (Å²) in [6.07, 6.45) is 0. The first-order chi connectivity index (χ1) is 6.24. The van der Waals surface area contributed by atoms with E-state index in [1.807, 2.05) is 19.2 Å². The van der Waals surface area contributed by atoms with Crippen LogP contribution in [0.1, 0.15) is 5.69 Å². The van der Waals surface area contributed by atoms with E-state index in [-0.39, 0.29) is 0 Å². The van der Waals surface area contributed by atoms with Gasteiger partial charge < -0.3 is 4.57 Å². The lowest BCUT2D eigenvalue weighted by atomic mass is 10.2. The van der Waals surface area contributed by atoms with Gasteiger partial charge in [-0.15, -0.1) is 0 Å². The second-order valence-electron chi connectivity index (χ2n) is 3.03. The Balaban J connectivity index is 2.83. The first-order valence-corrected chi connectivity index (χ1v) is 5.08. The molecule has 0 aliphatic rings. The number of nitrogens with zero attached hydrogens (tertiary/aromatic N) is 1. The van der Waals surface area contributed by atoms with E-state index in [4.69, 9.17) is 11.6 Å². The molecule has 0 amide bonds. The summed E-state index contributed by atoms with van der Waals surface area (Å²) in [7, 11) is 2.03. The molecule has 0 N–H and O–H groups in total. The molecule has 1 heterocycles. The van der Waals surface area contributed by atoms with E-state index in [2.05, 4.69) is 29.3 Å². The second kappa shape index (κ2) is 3.28. The summed E-state index contributed by atoms with van der Waals surface area (Å²) in [6, 6.07) is 8.03. The average Bonchev–Trinajstić information content (AvgIpc) is 2.45. The van der Waals surface area contributed by atoms with E-state index < -0.39 is 0 Å². The average molecular weight is 212 g/mol. The molecule has 0 unspecified atom stereocenters. The first kappa shape index (κ1) is 8.97. The molecule has 0 atom stereocenters. The number of hydrogen-bond acceptors (Lipinski definition) is 1. The number of halogens is 1. The molecule has 0 spiro atoms. The van der Waals surface area contributed by atoms with Crippen LogP contribution in [0.25, 0.3) is 10.9 Å². The fourth-order valence-corrected chi connectivity index (χ4v) is 2.06. The van der Waals surface area contributed by atoms with Gasteiger partial charge in [0.15, 0.2) is 0 Å². The fourth-order valence-electron chi connectivity index (χ4n) is 1.53. The van der Waals surface area contributed by atoms with Crippen molar-refractivity contribution in [2.45, 2.75) is 5.75 Å². The maximum absolute atomic E-state index is 6.06. The van der Waals surface area contributed by atoms with Crippen LogP contribution in [0.4, 0.5) is 0 Å². The Bertz CT molecular complexity index is 447. The third-order valence-electron chi connectivity index (χ3n) is 2.30. The number of thiol groups is 1. The number of aromatic nitrogens is 1. The maximum Gasteiger partial charge on any atom is 0.0499 e. The van der Waals surface area contributed by atoms with Gasteiger partial charge in [-0.25, -0.2) is 0 Å². The predicted octanol–water partition coefficient (Wildman–Crippen LogP) is 3.26. The SMILES string of the molecule is Cn1c(CS)cc2c(Cl)cccc21. The molecule has 0 fully saturated rings. The molecule has 68 valence electrons. The van der Waals surface area contributed by atoms with Crippen LogP contribution in [0.15, 0.2) is 24.3 Å². The highest BCUT2D eigenvalue weighted by Crippen LogP contribution is 2.26. The van der Waals surface area contributed by atoms with Crippen molar-refractivity contribution in [1.29, 1.82) is 0 Å². The lowest BCUT2D eigenvalue weighted by Crippen LogP contribution is -1.91. The molecule has 3 heteroatoms. The minimum absolute atomic E-state index is 0.738. The van der Waals surface area contributed by atoms with Gasteiger partial charge in [-0.3, -0.25) is 0 Å². The van der Waals surface area contributed by atoms with Gasteiger partial charge in [0, 0.05) is 34.4 Å². The Morgan fingerprint density at radius 2 is 2.23 bits per heavy atom. The molecule has 1 nitrogen and oxygen atoms in total. The molecule has 2 aromatic rings. The van der Waals surface area contributed by atoms with E-state index >= 15 is 0 Å². The van der Waals surface area contributed by atoms with Crippen LogP contribution in [0.3, 0.4) is 0 Å². The molecule has 13 heavy (non-hydrogen) atoms. The van der Waals surface area contributed by atoms with E-state index in [1.165, 1.54) is 5.69 Å². The van der Waals surface area contributed by atoms with E-state index in [0.29, 0.717) is 0 Å². The summed E-state index contributed by atoms with van der Waals surface area (Å²) < 4.78 is 2.12. The monoisotopic (exact) mass is 211 g/mol. The van der Waals surface area contributed by atoms with Gasteiger partial charge in [0.05, 0.1) is 0 Å². The van der Waals surface area contributed by atoms with Crippen molar-refractivity contribution in [3.8, 4) is 0 Å². The van der Waals surface area contributed by atoms with Crippen LogP contribution in [-0.2, 0) is 12.8 Å². The molecule has 0 radical (unpaired) electrons. The standard InChI is InChI=1S/C10H10ClNS/c1-12-7(6-13)5-8-9(11)3-2-4-10(8)12/h2-5,13H,6H2,1H3. The molecule has 0 aliphatic carbocycles. The summed E-state index contributed by atoms with van der Waals surface area (Å²) in [6.45, 7) is 0. The van der Waals surface area contributed by atoms with Gasteiger partial charge in [-0.1, -0.05) is 17.7 Å². The van der Waals surface area contributed by atoms with Gasteiger partial charge in [0.2, 0.25) is 0 Å². The molecule has 1 aromatic heterocycles. The Labute approximate surface area is 87.7 Å². The van der Waals surface area contributed by atoms with Gasteiger partial charge in [0.25, 0.3) is 0 Å². The number of hydrogen-bond donors (Lipinski definition) is 1. The third kappa shape index (κ3) is 1.34. The van der Waals surface area contributed by atoms with Gasteiger partial charge >= 0.3 is 0 Å². The van der Waals surface area contributed by atoms with Gasteiger partial charge in [-0.2, -0.15) is 12.6 Å². The highest BCUT2D eigenvalue weighted by atomic mass is 35.5. The zero-order valence-electron chi connectivity index (χ0n) is 7.29. The summed E-state index contributed by atoms with van der Waals surface area (Å²) in [5.41, 5.74) is 2.35. The highest BCUT2D eigenvalue weighted by Gasteiger charge is 2.05. The van der Waals surface area contributed by atoms with Crippen molar-refractivity contribution in [2.75, 3.05) is 0 Å². The van der Waals surface area contributed by atoms with Crippen molar-refractivity contribution >= 4 is 35.1 Å². The van der Waals surface area contributed by atoms with Crippen LogP contribution < -0.4 is 0 Å². The summed E-state index contributed by atoms with van der Waals surface area (Å²) in [5, 5.41) is 1.91. The minimum atomic E-state index is 0.738. The third-order valence-corrected chi connectivity index (χ3v) is 2.95. The molecule has 0 saturated carbocycles. The summed E-state index contributed by atoms with van der Waals surface area (Å²) in [4.78, 5) is 0. The minimum Gasteiger partial charge on any atom is -0.347 e. The van der Waals surface area contributed by atoms with Crippen molar-refractivity contribution in [3.63, 3.8) is 0 Å². The predicted molar refractivity (Wildman–Crippen MR) is 60.6 cm³/mol. The number of benzene rings is 1. The molecule has 1 aromatic carbocycles. The molecular weight excluding hydrogens is 202 g/mol. The van der Waals surface area contributed by atoms with E-state index in [1.54, 1.807) is 0 Å². The zero-order chi connectivity index (χ0) is 9.42. The lowest BCUT2D eigenvalue weighted by molar-refractivity contribution is 0.911. The second-order valence-corrected chi connectivity index (χ2v) is 3.75. The smallest absolute Gasteiger partial charge is 0.0499 e. The van der Waals surface area contributed by atoms with Gasteiger partial charge in [0.1, 0.15) is 0 Å². The van der Waals surface area contributed by atoms with Crippen LogP contribution in [0.2, 0.25) is 5.02 Å². The number of aryl methyl sites for hydroxylation is 1. The quantitative estimate of drug-likeness (QED) is 0.691. The van der Waals surface area contributed by atoms with Crippen LogP contribution in [0, 0.1) is 0 Å². The van der Waals surface area contributed by atoms with Crippen LogP contribution >= 0.6 is 24.2 Å². The van der Waals surface area contributed by atoms with Crippen molar-refractivity contribution < 1.29 is 0 Å². The van der Waals surface area contributed by atoms with Crippen molar-refractivity contribution in [2.24, 2.45) is 7.05 Å². The Morgan fingerprint density at radius 1 is 1.46 bits per heavy atom. The van der Waals surface area contributed by atoms with Crippen LogP contribution in [0.5, 0.6) is 0 Å². The topological polar surface area (TPSA) is 4.93 Å². The first-order valence-electron chi connectivity index (χ1n) is 4.07.